The molecule has 1 aromatic rings. The first-order valence-corrected chi connectivity index (χ1v) is 10.5. The molecule has 1 heterocycles. The molecule has 11 heteroatoms. The molecule has 0 amide bonds. The second-order valence-electron chi connectivity index (χ2n) is 6.57. The minimum atomic E-state index is -3.22. The van der Waals surface area contributed by atoms with Crippen LogP contribution < -0.4 is 0 Å². The Hall–Kier alpha value is -1.75. The van der Waals surface area contributed by atoms with Crippen LogP contribution in [0, 0.1) is 10.1 Å². The highest BCUT2D eigenvalue weighted by Gasteiger charge is 2.30. The third-order valence-electron chi connectivity index (χ3n) is 4.87. The number of halogens is 1. The lowest BCUT2D eigenvalue weighted by Gasteiger charge is -2.37. The maximum atomic E-state index is 12.0. The Bertz CT molecular complexity index is 764. The van der Waals surface area contributed by atoms with Gasteiger partial charge in [0.25, 0.3) is 5.69 Å². The van der Waals surface area contributed by atoms with Crippen LogP contribution in [0.25, 0.3) is 0 Å². The van der Waals surface area contributed by atoms with Crippen molar-refractivity contribution in [3.05, 3.63) is 39.9 Å². The first kappa shape index (κ1) is 24.3. The van der Waals surface area contributed by atoms with E-state index in [4.69, 9.17) is 0 Å². The van der Waals surface area contributed by atoms with Crippen LogP contribution in [-0.4, -0.2) is 71.6 Å². The van der Waals surface area contributed by atoms with Crippen molar-refractivity contribution in [2.24, 2.45) is 0 Å². The summed E-state index contributed by atoms with van der Waals surface area (Å²) in [6.07, 6.45) is 1.75. The number of rotatable bonds is 9. The molecular weight excluding hydrogens is 410 g/mol. The number of nitro benzene ring substituents is 1. The second kappa shape index (κ2) is 10.7. The number of carbonyl (C=O) groups is 1. The number of piperidine rings is 1. The van der Waals surface area contributed by atoms with Crippen LogP contribution in [0.15, 0.2) is 24.3 Å². The number of aliphatic carboxylic acids is 1. The maximum Gasteiger partial charge on any atom is 0.317 e. The fourth-order valence-electron chi connectivity index (χ4n) is 3.29. The largest absolute Gasteiger partial charge is 0.480 e. The topological polar surface area (TPSA) is 121 Å². The van der Waals surface area contributed by atoms with Gasteiger partial charge in [-0.1, -0.05) is 12.1 Å². The second-order valence-corrected chi connectivity index (χ2v) is 8.83. The molecule has 9 nitrogen and oxygen atoms in total. The van der Waals surface area contributed by atoms with Gasteiger partial charge in [0.15, 0.2) is 0 Å². The van der Waals surface area contributed by atoms with E-state index in [1.807, 2.05) is 4.90 Å². The minimum absolute atomic E-state index is 0. The van der Waals surface area contributed by atoms with E-state index in [1.54, 1.807) is 19.1 Å². The Morgan fingerprint density at radius 3 is 2.32 bits per heavy atom. The maximum absolute atomic E-state index is 12.0. The molecule has 28 heavy (non-hydrogen) atoms. The summed E-state index contributed by atoms with van der Waals surface area (Å²) < 4.78 is 25.4. The molecule has 1 aliphatic rings. The standard InChI is InChI=1S/C17H25N3O6S.ClH/c1-2-27(25,26)19-11-8-15(9-12-19)18(13-17(21)22)10-7-14-3-5-16(6-4-14)20(23)24;/h3-6,15H,2,7-13H2,1H3,(H,21,22);1H. The van der Waals surface area contributed by atoms with Crippen LogP contribution in [0.4, 0.5) is 5.69 Å². The van der Waals surface area contributed by atoms with Gasteiger partial charge in [0.05, 0.1) is 17.2 Å². The van der Waals surface area contributed by atoms with Crippen molar-refractivity contribution < 1.29 is 23.2 Å². The molecule has 2 rings (SSSR count). The third kappa shape index (κ3) is 6.69. The zero-order valence-corrected chi connectivity index (χ0v) is 17.3. The van der Waals surface area contributed by atoms with E-state index in [9.17, 15) is 28.4 Å². The lowest BCUT2D eigenvalue weighted by molar-refractivity contribution is -0.384. The number of nitrogens with zero attached hydrogens (tertiary/aromatic N) is 3. The van der Waals surface area contributed by atoms with Gasteiger partial charge in [-0.15, -0.1) is 12.4 Å². The molecule has 0 bridgehead atoms. The Morgan fingerprint density at radius 1 is 1.29 bits per heavy atom. The monoisotopic (exact) mass is 435 g/mol. The number of hydrogen-bond acceptors (Lipinski definition) is 6. The summed E-state index contributed by atoms with van der Waals surface area (Å²) in [4.78, 5) is 23.3. The van der Waals surface area contributed by atoms with Crippen LogP contribution in [-0.2, 0) is 21.2 Å². The van der Waals surface area contributed by atoms with Crippen molar-refractivity contribution in [2.45, 2.75) is 32.2 Å². The fraction of sp³-hybridized carbons (Fsp3) is 0.588. The molecule has 0 aliphatic carbocycles. The van der Waals surface area contributed by atoms with Crippen LogP contribution in [0.2, 0.25) is 0 Å². The molecule has 1 aromatic carbocycles. The fourth-order valence-corrected chi connectivity index (χ4v) is 4.42. The molecule has 0 aromatic heterocycles. The van der Waals surface area contributed by atoms with Gasteiger partial charge in [0.1, 0.15) is 0 Å². The van der Waals surface area contributed by atoms with Crippen molar-refractivity contribution in [3.63, 3.8) is 0 Å². The lowest BCUT2D eigenvalue weighted by Crippen LogP contribution is -2.48. The summed E-state index contributed by atoms with van der Waals surface area (Å²) >= 11 is 0. The first-order chi connectivity index (χ1) is 12.7. The molecule has 1 saturated heterocycles. The van der Waals surface area contributed by atoms with Crippen LogP contribution in [0.3, 0.4) is 0 Å². The van der Waals surface area contributed by atoms with E-state index in [2.05, 4.69) is 0 Å². The third-order valence-corrected chi connectivity index (χ3v) is 6.75. The average molecular weight is 436 g/mol. The lowest BCUT2D eigenvalue weighted by atomic mass is 10.0. The van der Waals surface area contributed by atoms with E-state index in [-0.39, 0.29) is 36.4 Å². The highest BCUT2D eigenvalue weighted by Crippen LogP contribution is 2.20. The molecule has 1 N–H and O–H groups in total. The predicted octanol–water partition coefficient (Wildman–Crippen LogP) is 1.76. The highest BCUT2D eigenvalue weighted by molar-refractivity contribution is 7.89. The van der Waals surface area contributed by atoms with Gasteiger partial charge in [-0.2, -0.15) is 0 Å². The van der Waals surface area contributed by atoms with E-state index >= 15 is 0 Å². The molecular formula is C17H26ClN3O6S. The minimum Gasteiger partial charge on any atom is -0.480 e. The van der Waals surface area contributed by atoms with Gasteiger partial charge < -0.3 is 5.11 Å². The number of nitro groups is 1. The number of sulfonamides is 1. The van der Waals surface area contributed by atoms with Gasteiger partial charge in [0.2, 0.25) is 10.0 Å². The molecule has 0 radical (unpaired) electrons. The predicted molar refractivity (Wildman–Crippen MR) is 107 cm³/mol. The smallest absolute Gasteiger partial charge is 0.317 e. The van der Waals surface area contributed by atoms with Crippen molar-refractivity contribution in [2.75, 3.05) is 31.9 Å². The molecule has 0 spiro atoms. The SMILES string of the molecule is CCS(=O)(=O)N1CCC(N(CCc2ccc([N+](=O)[O-])cc2)CC(=O)O)CC1.Cl. The zero-order chi connectivity index (χ0) is 20.0. The van der Waals surface area contributed by atoms with Gasteiger partial charge in [-0.25, -0.2) is 12.7 Å². The number of carboxylic acid groups (broad SMARTS) is 1. The summed E-state index contributed by atoms with van der Waals surface area (Å²) in [6.45, 7) is 2.79. The Balaban J connectivity index is 0.00000392. The van der Waals surface area contributed by atoms with Crippen LogP contribution >= 0.6 is 12.4 Å². The summed E-state index contributed by atoms with van der Waals surface area (Å²) in [5.41, 5.74) is 0.910. The number of carboxylic acids is 1. The van der Waals surface area contributed by atoms with Gasteiger partial charge >= 0.3 is 5.97 Å². The van der Waals surface area contributed by atoms with Crippen molar-refractivity contribution >= 4 is 34.1 Å². The number of non-ortho nitro benzene ring substituents is 1. The zero-order valence-electron chi connectivity index (χ0n) is 15.7. The normalized spacial score (nSPS) is 15.9. The molecule has 0 saturated carbocycles. The summed E-state index contributed by atoms with van der Waals surface area (Å²) in [6, 6.07) is 6.22. The average Bonchev–Trinajstić information content (AvgIpc) is 2.65. The van der Waals surface area contributed by atoms with Crippen molar-refractivity contribution in [1.82, 2.24) is 9.21 Å². The molecule has 1 fully saturated rings. The molecule has 0 unspecified atom stereocenters. The highest BCUT2D eigenvalue weighted by atomic mass is 35.5. The quantitative estimate of drug-likeness (QED) is 0.463. The molecule has 158 valence electrons. The van der Waals surface area contributed by atoms with Crippen LogP contribution in [0.5, 0.6) is 0 Å². The summed E-state index contributed by atoms with van der Waals surface area (Å²) in [5.74, 6) is -0.862. The van der Waals surface area contributed by atoms with Gasteiger partial charge in [-0.05, 0) is 31.7 Å². The Morgan fingerprint density at radius 2 is 1.86 bits per heavy atom. The van der Waals surface area contributed by atoms with Gasteiger partial charge in [0, 0.05) is 37.8 Å². The van der Waals surface area contributed by atoms with E-state index < -0.39 is 20.9 Å². The Kier molecular flexibility index (Phi) is 9.28. The number of benzene rings is 1. The summed E-state index contributed by atoms with van der Waals surface area (Å²) in [7, 11) is -3.22. The van der Waals surface area contributed by atoms with Crippen molar-refractivity contribution in [3.8, 4) is 0 Å². The molecule has 1 aliphatic heterocycles. The van der Waals surface area contributed by atoms with E-state index in [1.165, 1.54) is 16.4 Å². The van der Waals surface area contributed by atoms with Crippen molar-refractivity contribution in [1.29, 1.82) is 0 Å². The summed E-state index contributed by atoms with van der Waals surface area (Å²) in [5, 5.41) is 19.9. The Labute approximate surface area is 170 Å². The van der Waals surface area contributed by atoms with Gasteiger partial charge in [-0.3, -0.25) is 19.8 Å². The first-order valence-electron chi connectivity index (χ1n) is 8.90. The van der Waals surface area contributed by atoms with Crippen LogP contribution in [0.1, 0.15) is 25.3 Å². The molecule has 0 atom stereocenters. The van der Waals surface area contributed by atoms with E-state index in [0.29, 0.717) is 38.9 Å². The van der Waals surface area contributed by atoms with E-state index in [0.717, 1.165) is 5.56 Å². The number of hydrogen-bond donors (Lipinski definition) is 1.